The van der Waals surface area contributed by atoms with Gasteiger partial charge in [-0.15, -0.1) is 0 Å². The molecule has 3 aromatic rings. The second kappa shape index (κ2) is 5.83. The van der Waals surface area contributed by atoms with E-state index in [0.717, 1.165) is 14.7 Å². The third kappa shape index (κ3) is 2.91. The SMILES string of the molecule is COc1cccc2sc(NC(=O)c3ccc(Br)cc3)nc12. The van der Waals surface area contributed by atoms with E-state index in [9.17, 15) is 4.79 Å². The lowest BCUT2D eigenvalue weighted by atomic mass is 10.2. The van der Waals surface area contributed by atoms with E-state index in [2.05, 4.69) is 26.2 Å². The molecule has 0 spiro atoms. The van der Waals surface area contributed by atoms with Crippen LogP contribution in [-0.2, 0) is 0 Å². The number of anilines is 1. The summed E-state index contributed by atoms with van der Waals surface area (Å²) in [6.45, 7) is 0. The Bertz CT molecular complexity index is 799. The van der Waals surface area contributed by atoms with Gasteiger partial charge < -0.3 is 4.74 Å². The van der Waals surface area contributed by atoms with Crippen LogP contribution in [0.1, 0.15) is 10.4 Å². The van der Waals surface area contributed by atoms with Gasteiger partial charge in [-0.2, -0.15) is 0 Å². The van der Waals surface area contributed by atoms with Gasteiger partial charge in [0, 0.05) is 10.0 Å². The second-order valence-electron chi connectivity index (χ2n) is 4.29. The van der Waals surface area contributed by atoms with Gasteiger partial charge in [-0.05, 0) is 36.4 Å². The molecule has 106 valence electrons. The number of carbonyl (C=O) groups excluding carboxylic acids is 1. The normalized spacial score (nSPS) is 10.6. The predicted molar refractivity (Wildman–Crippen MR) is 88.3 cm³/mol. The highest BCUT2D eigenvalue weighted by Gasteiger charge is 2.12. The molecule has 1 heterocycles. The molecule has 1 N–H and O–H groups in total. The number of carbonyl (C=O) groups is 1. The van der Waals surface area contributed by atoms with Crippen molar-refractivity contribution in [1.82, 2.24) is 4.98 Å². The fourth-order valence-corrected chi connectivity index (χ4v) is 3.05. The van der Waals surface area contributed by atoms with Crippen molar-refractivity contribution >= 4 is 48.5 Å². The fraction of sp³-hybridized carbons (Fsp3) is 0.0667. The predicted octanol–water partition coefficient (Wildman–Crippen LogP) is 4.32. The molecule has 3 rings (SSSR count). The van der Waals surface area contributed by atoms with Crippen LogP contribution in [-0.4, -0.2) is 18.0 Å². The maximum absolute atomic E-state index is 12.2. The average molecular weight is 363 g/mol. The zero-order chi connectivity index (χ0) is 14.8. The van der Waals surface area contributed by atoms with Crippen LogP contribution >= 0.6 is 27.3 Å². The summed E-state index contributed by atoms with van der Waals surface area (Å²) in [7, 11) is 1.61. The van der Waals surface area contributed by atoms with Gasteiger partial charge in [0.2, 0.25) is 0 Å². The Labute approximate surface area is 133 Å². The number of nitrogens with zero attached hydrogens (tertiary/aromatic N) is 1. The molecule has 0 saturated heterocycles. The lowest BCUT2D eigenvalue weighted by Gasteiger charge is -2.01. The minimum Gasteiger partial charge on any atom is -0.494 e. The Balaban J connectivity index is 1.88. The van der Waals surface area contributed by atoms with Crippen molar-refractivity contribution in [3.05, 3.63) is 52.5 Å². The molecule has 0 bridgehead atoms. The molecular weight excluding hydrogens is 352 g/mol. The Morgan fingerprint density at radius 1 is 1.24 bits per heavy atom. The van der Waals surface area contributed by atoms with E-state index in [1.54, 1.807) is 19.2 Å². The van der Waals surface area contributed by atoms with Crippen LogP contribution in [0.3, 0.4) is 0 Å². The summed E-state index contributed by atoms with van der Waals surface area (Å²) in [5.74, 6) is 0.522. The molecule has 0 fully saturated rings. The van der Waals surface area contributed by atoms with E-state index < -0.39 is 0 Å². The van der Waals surface area contributed by atoms with E-state index in [1.165, 1.54) is 11.3 Å². The quantitative estimate of drug-likeness (QED) is 0.754. The summed E-state index contributed by atoms with van der Waals surface area (Å²) < 4.78 is 7.18. The highest BCUT2D eigenvalue weighted by Crippen LogP contribution is 2.32. The molecular formula is C15H11BrN2O2S. The van der Waals surface area contributed by atoms with Crippen LogP contribution in [0.15, 0.2) is 46.9 Å². The molecule has 2 aromatic carbocycles. The van der Waals surface area contributed by atoms with Crippen molar-refractivity contribution < 1.29 is 9.53 Å². The number of fused-ring (bicyclic) bond motifs is 1. The van der Waals surface area contributed by atoms with Crippen LogP contribution in [0.2, 0.25) is 0 Å². The minimum absolute atomic E-state index is 0.180. The number of aromatic nitrogens is 1. The number of benzene rings is 2. The minimum atomic E-state index is -0.180. The van der Waals surface area contributed by atoms with E-state index >= 15 is 0 Å². The van der Waals surface area contributed by atoms with Gasteiger partial charge in [0.15, 0.2) is 5.13 Å². The lowest BCUT2D eigenvalue weighted by Crippen LogP contribution is -2.11. The first-order valence-electron chi connectivity index (χ1n) is 6.18. The van der Waals surface area contributed by atoms with Crippen molar-refractivity contribution in [2.75, 3.05) is 12.4 Å². The first kappa shape index (κ1) is 14.0. The Morgan fingerprint density at radius 2 is 2.00 bits per heavy atom. The first-order chi connectivity index (χ1) is 10.2. The Hall–Kier alpha value is -1.92. The zero-order valence-electron chi connectivity index (χ0n) is 11.1. The summed E-state index contributed by atoms with van der Waals surface area (Å²) >= 11 is 4.77. The fourth-order valence-electron chi connectivity index (χ4n) is 1.91. The maximum atomic E-state index is 12.2. The van der Waals surface area contributed by atoms with Gasteiger partial charge in [0.05, 0.1) is 11.8 Å². The molecule has 4 nitrogen and oxygen atoms in total. The zero-order valence-corrected chi connectivity index (χ0v) is 13.5. The summed E-state index contributed by atoms with van der Waals surface area (Å²) in [6.07, 6.45) is 0. The second-order valence-corrected chi connectivity index (χ2v) is 6.23. The molecule has 0 aliphatic heterocycles. The Morgan fingerprint density at radius 3 is 2.71 bits per heavy atom. The Kier molecular flexibility index (Phi) is 3.90. The third-order valence-corrected chi connectivity index (χ3v) is 4.39. The van der Waals surface area contributed by atoms with Gasteiger partial charge in [0.25, 0.3) is 5.91 Å². The van der Waals surface area contributed by atoms with Gasteiger partial charge in [-0.3, -0.25) is 10.1 Å². The number of hydrogen-bond acceptors (Lipinski definition) is 4. The standard InChI is InChI=1S/C15H11BrN2O2S/c1-20-11-3-2-4-12-13(11)17-15(21-12)18-14(19)9-5-7-10(16)8-6-9/h2-8H,1H3,(H,17,18,19). The van der Waals surface area contributed by atoms with Gasteiger partial charge >= 0.3 is 0 Å². The number of hydrogen-bond donors (Lipinski definition) is 1. The monoisotopic (exact) mass is 362 g/mol. The van der Waals surface area contributed by atoms with Crippen LogP contribution in [0.4, 0.5) is 5.13 Å². The largest absolute Gasteiger partial charge is 0.494 e. The molecule has 0 aliphatic carbocycles. The average Bonchev–Trinajstić information content (AvgIpc) is 2.90. The molecule has 0 aliphatic rings. The van der Waals surface area contributed by atoms with Gasteiger partial charge in [-0.25, -0.2) is 4.98 Å². The molecule has 21 heavy (non-hydrogen) atoms. The van der Waals surface area contributed by atoms with E-state index in [1.807, 2.05) is 30.3 Å². The topological polar surface area (TPSA) is 51.2 Å². The van der Waals surface area contributed by atoms with Crippen molar-refractivity contribution in [2.45, 2.75) is 0 Å². The summed E-state index contributed by atoms with van der Waals surface area (Å²) in [5.41, 5.74) is 1.35. The molecule has 0 saturated carbocycles. The molecule has 1 amide bonds. The van der Waals surface area contributed by atoms with E-state index in [4.69, 9.17) is 4.74 Å². The van der Waals surface area contributed by atoms with E-state index in [-0.39, 0.29) is 5.91 Å². The number of rotatable bonds is 3. The number of amides is 1. The smallest absolute Gasteiger partial charge is 0.257 e. The van der Waals surface area contributed by atoms with Crippen LogP contribution in [0, 0.1) is 0 Å². The van der Waals surface area contributed by atoms with Gasteiger partial charge in [-0.1, -0.05) is 33.3 Å². The number of para-hydroxylation sites is 1. The summed E-state index contributed by atoms with van der Waals surface area (Å²) in [4.78, 5) is 16.6. The molecule has 0 unspecified atom stereocenters. The third-order valence-electron chi connectivity index (χ3n) is 2.93. The van der Waals surface area contributed by atoms with Crippen molar-refractivity contribution in [2.24, 2.45) is 0 Å². The maximum Gasteiger partial charge on any atom is 0.257 e. The highest BCUT2D eigenvalue weighted by molar-refractivity contribution is 9.10. The number of methoxy groups -OCH3 is 1. The van der Waals surface area contributed by atoms with Crippen LogP contribution in [0.25, 0.3) is 10.2 Å². The highest BCUT2D eigenvalue weighted by atomic mass is 79.9. The molecule has 6 heteroatoms. The van der Waals surface area contributed by atoms with Gasteiger partial charge in [0.1, 0.15) is 11.3 Å². The molecule has 1 aromatic heterocycles. The van der Waals surface area contributed by atoms with Crippen LogP contribution < -0.4 is 10.1 Å². The molecule has 0 radical (unpaired) electrons. The first-order valence-corrected chi connectivity index (χ1v) is 7.79. The number of halogens is 1. The van der Waals surface area contributed by atoms with Crippen molar-refractivity contribution in [3.63, 3.8) is 0 Å². The van der Waals surface area contributed by atoms with Crippen LogP contribution in [0.5, 0.6) is 5.75 Å². The van der Waals surface area contributed by atoms with E-state index in [0.29, 0.717) is 16.4 Å². The molecule has 0 atom stereocenters. The number of thiazole rings is 1. The van der Waals surface area contributed by atoms with Crippen molar-refractivity contribution in [1.29, 1.82) is 0 Å². The summed E-state index contributed by atoms with van der Waals surface area (Å²) in [5, 5.41) is 3.37. The summed E-state index contributed by atoms with van der Waals surface area (Å²) in [6, 6.07) is 12.9. The number of ether oxygens (including phenoxy) is 1. The lowest BCUT2D eigenvalue weighted by molar-refractivity contribution is 0.102. The van der Waals surface area contributed by atoms with Crippen molar-refractivity contribution in [3.8, 4) is 5.75 Å². The number of nitrogens with one attached hydrogen (secondary N) is 1.